The first-order valence-corrected chi connectivity index (χ1v) is 7.85. The van der Waals surface area contributed by atoms with Gasteiger partial charge in [-0.1, -0.05) is 12.0 Å². The summed E-state index contributed by atoms with van der Waals surface area (Å²) in [5.41, 5.74) is 0. The van der Waals surface area contributed by atoms with E-state index in [1.807, 2.05) is 30.6 Å². The van der Waals surface area contributed by atoms with Crippen molar-refractivity contribution in [2.45, 2.75) is 32.7 Å². The summed E-state index contributed by atoms with van der Waals surface area (Å²) in [5, 5.41) is 11.5. The van der Waals surface area contributed by atoms with E-state index in [4.69, 9.17) is 4.42 Å². The van der Waals surface area contributed by atoms with Gasteiger partial charge in [0.05, 0.1) is 6.04 Å². The highest BCUT2D eigenvalue weighted by atomic mass is 32.2. The van der Waals surface area contributed by atoms with Gasteiger partial charge in [-0.3, -0.25) is 0 Å². The minimum atomic E-state index is 0.116. The Bertz CT molecular complexity index is 332. The molecule has 0 bridgehead atoms. The van der Waals surface area contributed by atoms with Crippen molar-refractivity contribution in [1.29, 1.82) is 0 Å². The maximum atomic E-state index is 5.67. The molecule has 0 amide bonds. The van der Waals surface area contributed by atoms with Crippen LogP contribution in [0, 0.1) is 0 Å². The quantitative estimate of drug-likeness (QED) is 0.696. The van der Waals surface area contributed by atoms with Gasteiger partial charge in [-0.05, 0) is 38.3 Å². The van der Waals surface area contributed by atoms with Crippen LogP contribution in [0.4, 0.5) is 6.01 Å². The maximum absolute atomic E-state index is 5.67. The van der Waals surface area contributed by atoms with Gasteiger partial charge in [0.25, 0.3) is 0 Å². The molecule has 0 saturated heterocycles. The Morgan fingerprint density at radius 3 is 2.89 bits per heavy atom. The minimum absolute atomic E-state index is 0.116. The summed E-state index contributed by atoms with van der Waals surface area (Å²) in [6.45, 7) is 6.08. The Morgan fingerprint density at radius 2 is 2.22 bits per heavy atom. The Hall–Kier alpha value is -0.750. The monoisotopic (exact) mass is 272 g/mol. The van der Waals surface area contributed by atoms with E-state index in [1.165, 1.54) is 0 Å². The zero-order valence-electron chi connectivity index (χ0n) is 11.8. The standard InChI is InChI=1S/C12H24N4OS/c1-5-7-13-10(2)11-14-15-12(17-11)16(3)8-6-9-18-4/h10,13H,5-9H2,1-4H3. The zero-order valence-corrected chi connectivity index (χ0v) is 12.6. The van der Waals surface area contributed by atoms with Crippen LogP contribution in [0.5, 0.6) is 0 Å². The van der Waals surface area contributed by atoms with Crippen molar-refractivity contribution in [2.24, 2.45) is 0 Å². The highest BCUT2D eigenvalue weighted by Crippen LogP contribution is 2.16. The molecule has 1 atom stereocenters. The van der Waals surface area contributed by atoms with Crippen molar-refractivity contribution in [1.82, 2.24) is 15.5 Å². The summed E-state index contributed by atoms with van der Waals surface area (Å²) in [6, 6.07) is 0.724. The van der Waals surface area contributed by atoms with Crippen LogP contribution in [0.15, 0.2) is 4.42 Å². The molecule has 104 valence electrons. The summed E-state index contributed by atoms with van der Waals surface area (Å²) < 4.78 is 5.67. The number of nitrogens with zero attached hydrogens (tertiary/aromatic N) is 3. The Labute approximate surface area is 114 Å². The Balaban J connectivity index is 2.46. The largest absolute Gasteiger partial charge is 0.406 e. The predicted molar refractivity (Wildman–Crippen MR) is 77.3 cm³/mol. The highest BCUT2D eigenvalue weighted by molar-refractivity contribution is 7.98. The molecule has 1 aromatic rings. The minimum Gasteiger partial charge on any atom is -0.406 e. The van der Waals surface area contributed by atoms with Crippen LogP contribution in [0.25, 0.3) is 0 Å². The molecule has 0 fully saturated rings. The summed E-state index contributed by atoms with van der Waals surface area (Å²) in [6.07, 6.45) is 4.34. The van der Waals surface area contributed by atoms with E-state index in [0.29, 0.717) is 11.9 Å². The van der Waals surface area contributed by atoms with Gasteiger partial charge in [0.2, 0.25) is 5.89 Å². The summed E-state index contributed by atoms with van der Waals surface area (Å²) in [7, 11) is 1.99. The lowest BCUT2D eigenvalue weighted by Crippen LogP contribution is -2.20. The van der Waals surface area contributed by atoms with Crippen LogP contribution >= 0.6 is 11.8 Å². The lowest BCUT2D eigenvalue weighted by atomic mass is 10.3. The molecule has 18 heavy (non-hydrogen) atoms. The van der Waals surface area contributed by atoms with Gasteiger partial charge >= 0.3 is 6.01 Å². The molecular weight excluding hydrogens is 248 g/mol. The summed E-state index contributed by atoms with van der Waals surface area (Å²) in [4.78, 5) is 2.01. The topological polar surface area (TPSA) is 54.2 Å². The molecule has 1 rings (SSSR count). The molecule has 0 aliphatic carbocycles. The second-order valence-corrected chi connectivity index (χ2v) is 5.35. The van der Waals surface area contributed by atoms with Gasteiger partial charge in [0.15, 0.2) is 0 Å². The average molecular weight is 272 g/mol. The van der Waals surface area contributed by atoms with E-state index < -0.39 is 0 Å². The third-order valence-corrected chi connectivity index (χ3v) is 3.37. The fourth-order valence-corrected chi connectivity index (χ4v) is 1.96. The first-order valence-electron chi connectivity index (χ1n) is 6.45. The van der Waals surface area contributed by atoms with E-state index >= 15 is 0 Å². The van der Waals surface area contributed by atoms with Gasteiger partial charge in [-0.25, -0.2) is 0 Å². The van der Waals surface area contributed by atoms with Gasteiger partial charge in [-0.15, -0.1) is 5.10 Å². The van der Waals surface area contributed by atoms with Crippen LogP contribution in [0.1, 0.15) is 38.6 Å². The number of rotatable bonds is 9. The van der Waals surface area contributed by atoms with Crippen molar-refractivity contribution in [3.8, 4) is 0 Å². The summed E-state index contributed by atoms with van der Waals surface area (Å²) in [5.74, 6) is 1.81. The molecule has 1 aromatic heterocycles. The van der Waals surface area contributed by atoms with E-state index in [1.54, 1.807) is 0 Å². The average Bonchev–Trinajstić information content (AvgIpc) is 2.85. The molecule has 0 spiro atoms. The number of nitrogens with one attached hydrogen (secondary N) is 1. The fraction of sp³-hybridized carbons (Fsp3) is 0.833. The van der Waals surface area contributed by atoms with Crippen LogP contribution in [0.3, 0.4) is 0 Å². The highest BCUT2D eigenvalue weighted by Gasteiger charge is 2.15. The smallest absolute Gasteiger partial charge is 0.317 e. The number of hydrogen-bond donors (Lipinski definition) is 1. The van der Waals surface area contributed by atoms with Crippen LogP contribution in [0.2, 0.25) is 0 Å². The first-order chi connectivity index (χ1) is 8.69. The van der Waals surface area contributed by atoms with Crippen molar-refractivity contribution >= 4 is 17.8 Å². The van der Waals surface area contributed by atoms with Gasteiger partial charge in [0, 0.05) is 13.6 Å². The maximum Gasteiger partial charge on any atom is 0.317 e. The molecule has 0 aliphatic heterocycles. The van der Waals surface area contributed by atoms with Crippen molar-refractivity contribution in [3.05, 3.63) is 5.89 Å². The van der Waals surface area contributed by atoms with E-state index in [2.05, 4.69) is 28.7 Å². The van der Waals surface area contributed by atoms with Gasteiger partial charge in [0.1, 0.15) is 0 Å². The molecule has 5 nitrogen and oxygen atoms in total. The van der Waals surface area contributed by atoms with Crippen LogP contribution in [-0.2, 0) is 0 Å². The van der Waals surface area contributed by atoms with Crippen molar-refractivity contribution in [3.63, 3.8) is 0 Å². The predicted octanol–water partition coefficient (Wildman–Crippen LogP) is 2.32. The van der Waals surface area contributed by atoms with Gasteiger partial charge < -0.3 is 14.6 Å². The SMILES string of the molecule is CCCNC(C)c1nnc(N(C)CCCSC)o1. The van der Waals surface area contributed by atoms with Crippen LogP contribution in [-0.4, -0.2) is 42.3 Å². The van der Waals surface area contributed by atoms with E-state index in [-0.39, 0.29) is 6.04 Å². The van der Waals surface area contributed by atoms with E-state index in [0.717, 1.165) is 31.7 Å². The molecule has 0 aromatic carbocycles. The van der Waals surface area contributed by atoms with Crippen LogP contribution < -0.4 is 10.2 Å². The Morgan fingerprint density at radius 1 is 1.44 bits per heavy atom. The molecule has 1 N–H and O–H groups in total. The Kier molecular flexibility index (Phi) is 7.12. The second-order valence-electron chi connectivity index (χ2n) is 4.37. The van der Waals surface area contributed by atoms with Crippen molar-refractivity contribution in [2.75, 3.05) is 37.0 Å². The molecule has 6 heteroatoms. The normalized spacial score (nSPS) is 12.7. The lowest BCUT2D eigenvalue weighted by molar-refractivity contribution is 0.416. The number of thioether (sulfide) groups is 1. The lowest BCUT2D eigenvalue weighted by Gasteiger charge is -2.13. The fourth-order valence-electron chi connectivity index (χ4n) is 1.55. The molecule has 0 aliphatic rings. The molecule has 1 unspecified atom stereocenters. The number of hydrogen-bond acceptors (Lipinski definition) is 6. The number of anilines is 1. The number of aromatic nitrogens is 2. The van der Waals surface area contributed by atoms with Gasteiger partial charge in [-0.2, -0.15) is 11.8 Å². The first kappa shape index (κ1) is 15.3. The summed E-state index contributed by atoms with van der Waals surface area (Å²) >= 11 is 1.85. The second kappa shape index (κ2) is 8.37. The van der Waals surface area contributed by atoms with Crippen molar-refractivity contribution < 1.29 is 4.42 Å². The van der Waals surface area contributed by atoms with E-state index in [9.17, 15) is 0 Å². The molecule has 0 saturated carbocycles. The molecule has 0 radical (unpaired) electrons. The molecule has 1 heterocycles. The third kappa shape index (κ3) is 4.86. The zero-order chi connectivity index (χ0) is 13.4. The molecular formula is C12H24N4OS. The third-order valence-electron chi connectivity index (χ3n) is 2.67.